The summed E-state index contributed by atoms with van der Waals surface area (Å²) in [6, 6.07) is -0.388. The van der Waals surface area contributed by atoms with Gasteiger partial charge in [0.25, 0.3) is 0 Å². The molecular weight excluding hydrogens is 212 g/mol. The maximum Gasteiger partial charge on any atom is 0.237 e. The lowest BCUT2D eigenvalue weighted by atomic mass is 9.86. The van der Waals surface area contributed by atoms with Crippen LogP contribution in [-0.4, -0.2) is 18.5 Å². The molecular formula is C14H30N2O. The van der Waals surface area contributed by atoms with E-state index in [0.29, 0.717) is 0 Å². The molecule has 0 saturated carbocycles. The zero-order chi connectivity index (χ0) is 13.5. The van der Waals surface area contributed by atoms with Crippen LogP contribution >= 0.6 is 0 Å². The maximum atomic E-state index is 11.7. The van der Waals surface area contributed by atoms with Gasteiger partial charge >= 0.3 is 0 Å². The molecule has 0 rings (SSSR count). The van der Waals surface area contributed by atoms with Crippen molar-refractivity contribution < 1.29 is 4.79 Å². The topological polar surface area (TPSA) is 55.1 Å². The predicted molar refractivity (Wildman–Crippen MR) is 73.7 cm³/mol. The number of amides is 1. The van der Waals surface area contributed by atoms with Crippen molar-refractivity contribution in [3.05, 3.63) is 0 Å². The highest BCUT2D eigenvalue weighted by molar-refractivity contribution is 5.81. The SMILES string of the molecule is CCCCCC(C)(C)CNC(=O)[C@@H](N)C(C)C. The van der Waals surface area contributed by atoms with Crippen molar-refractivity contribution in [2.75, 3.05) is 6.54 Å². The van der Waals surface area contributed by atoms with Crippen LogP contribution in [0.3, 0.4) is 0 Å². The van der Waals surface area contributed by atoms with Gasteiger partial charge in [0.1, 0.15) is 0 Å². The van der Waals surface area contributed by atoms with E-state index < -0.39 is 0 Å². The molecule has 17 heavy (non-hydrogen) atoms. The number of hydrogen-bond acceptors (Lipinski definition) is 2. The lowest BCUT2D eigenvalue weighted by Crippen LogP contribution is -2.46. The number of unbranched alkanes of at least 4 members (excludes halogenated alkanes) is 2. The normalized spacial score (nSPS) is 13.8. The second-order valence-electron chi connectivity index (χ2n) is 6.11. The van der Waals surface area contributed by atoms with Gasteiger partial charge in [0.15, 0.2) is 0 Å². The Bertz CT molecular complexity index is 224. The fraction of sp³-hybridized carbons (Fsp3) is 0.929. The minimum absolute atomic E-state index is 0.0245. The van der Waals surface area contributed by atoms with Crippen LogP contribution in [0, 0.1) is 11.3 Å². The molecule has 0 radical (unpaired) electrons. The molecule has 0 aliphatic carbocycles. The van der Waals surface area contributed by atoms with Crippen LogP contribution < -0.4 is 11.1 Å². The van der Waals surface area contributed by atoms with Crippen LogP contribution in [0.2, 0.25) is 0 Å². The molecule has 0 aromatic carbocycles. The molecule has 102 valence electrons. The molecule has 0 bridgehead atoms. The first-order chi connectivity index (χ1) is 7.80. The van der Waals surface area contributed by atoms with Crippen LogP contribution in [0.4, 0.5) is 0 Å². The molecule has 0 aliphatic heterocycles. The number of nitrogens with two attached hydrogens (primary N) is 1. The molecule has 3 nitrogen and oxygen atoms in total. The van der Waals surface area contributed by atoms with Gasteiger partial charge in [-0.2, -0.15) is 0 Å². The average molecular weight is 242 g/mol. The first-order valence-electron chi connectivity index (χ1n) is 6.83. The highest BCUT2D eigenvalue weighted by atomic mass is 16.2. The van der Waals surface area contributed by atoms with Crippen molar-refractivity contribution >= 4 is 5.91 Å². The molecule has 0 saturated heterocycles. The summed E-state index contributed by atoms with van der Waals surface area (Å²) in [6.45, 7) is 11.3. The summed E-state index contributed by atoms with van der Waals surface area (Å²) in [6.07, 6.45) is 4.89. The summed E-state index contributed by atoms with van der Waals surface area (Å²) >= 11 is 0. The fourth-order valence-corrected chi connectivity index (χ4v) is 1.69. The molecule has 0 unspecified atom stereocenters. The van der Waals surface area contributed by atoms with Gasteiger partial charge in [-0.25, -0.2) is 0 Å². The quantitative estimate of drug-likeness (QED) is 0.643. The first-order valence-corrected chi connectivity index (χ1v) is 6.83. The molecule has 1 amide bonds. The van der Waals surface area contributed by atoms with Gasteiger partial charge in [0.2, 0.25) is 5.91 Å². The minimum atomic E-state index is -0.388. The Balaban J connectivity index is 3.96. The molecule has 3 heteroatoms. The van der Waals surface area contributed by atoms with E-state index in [9.17, 15) is 4.79 Å². The summed E-state index contributed by atoms with van der Waals surface area (Å²) in [5.41, 5.74) is 5.97. The van der Waals surface area contributed by atoms with Gasteiger partial charge in [0.05, 0.1) is 6.04 Å². The zero-order valence-corrected chi connectivity index (χ0v) is 12.2. The molecule has 0 aromatic rings. The Hall–Kier alpha value is -0.570. The third kappa shape index (κ3) is 7.37. The third-order valence-corrected chi connectivity index (χ3v) is 3.22. The van der Waals surface area contributed by atoms with Gasteiger partial charge in [-0.1, -0.05) is 53.9 Å². The van der Waals surface area contributed by atoms with Crippen molar-refractivity contribution in [2.24, 2.45) is 17.1 Å². The lowest BCUT2D eigenvalue weighted by Gasteiger charge is -2.26. The number of hydrogen-bond donors (Lipinski definition) is 2. The lowest BCUT2D eigenvalue weighted by molar-refractivity contribution is -0.123. The number of rotatable bonds is 8. The standard InChI is InChI=1S/C14H30N2O/c1-6-7-8-9-14(4,5)10-16-13(17)12(15)11(2)3/h11-12H,6-10,15H2,1-5H3,(H,16,17)/t12-/m0/s1. The minimum Gasteiger partial charge on any atom is -0.354 e. The Kier molecular flexibility index (Phi) is 7.44. The molecule has 0 fully saturated rings. The summed E-state index contributed by atoms with van der Waals surface area (Å²) < 4.78 is 0. The second-order valence-corrected chi connectivity index (χ2v) is 6.11. The second kappa shape index (κ2) is 7.70. The number of carbonyl (C=O) groups excluding carboxylic acids is 1. The van der Waals surface area contributed by atoms with Crippen LogP contribution in [0.5, 0.6) is 0 Å². The molecule has 3 N–H and O–H groups in total. The van der Waals surface area contributed by atoms with Gasteiger partial charge in [0, 0.05) is 6.54 Å². The summed E-state index contributed by atoms with van der Waals surface area (Å²) in [5.74, 6) is 0.168. The Morgan fingerprint density at radius 2 is 1.88 bits per heavy atom. The Morgan fingerprint density at radius 3 is 2.35 bits per heavy atom. The van der Waals surface area contributed by atoms with E-state index in [4.69, 9.17) is 5.73 Å². The molecule has 0 aliphatic rings. The molecule has 0 heterocycles. The molecule has 0 spiro atoms. The highest BCUT2D eigenvalue weighted by Gasteiger charge is 2.21. The van der Waals surface area contributed by atoms with E-state index in [2.05, 4.69) is 26.1 Å². The highest BCUT2D eigenvalue weighted by Crippen LogP contribution is 2.22. The Labute approximate surface area is 107 Å². The van der Waals surface area contributed by atoms with Crippen molar-refractivity contribution in [3.63, 3.8) is 0 Å². The summed E-state index contributed by atoms with van der Waals surface area (Å²) in [7, 11) is 0. The monoisotopic (exact) mass is 242 g/mol. The predicted octanol–water partition coefficient (Wildman–Crippen LogP) is 2.69. The van der Waals surface area contributed by atoms with E-state index in [1.807, 2.05) is 13.8 Å². The van der Waals surface area contributed by atoms with Crippen LogP contribution in [0.15, 0.2) is 0 Å². The smallest absolute Gasteiger partial charge is 0.237 e. The maximum absolute atomic E-state index is 11.7. The summed E-state index contributed by atoms with van der Waals surface area (Å²) in [5, 5.41) is 2.97. The van der Waals surface area contributed by atoms with Crippen LogP contribution in [0.25, 0.3) is 0 Å². The zero-order valence-electron chi connectivity index (χ0n) is 12.2. The van der Waals surface area contributed by atoms with Crippen molar-refractivity contribution in [1.29, 1.82) is 0 Å². The fourth-order valence-electron chi connectivity index (χ4n) is 1.69. The molecule has 1 atom stereocenters. The number of nitrogens with one attached hydrogen (secondary N) is 1. The Morgan fingerprint density at radius 1 is 1.29 bits per heavy atom. The third-order valence-electron chi connectivity index (χ3n) is 3.22. The van der Waals surface area contributed by atoms with Gasteiger partial charge in [-0.15, -0.1) is 0 Å². The first kappa shape index (κ1) is 16.4. The van der Waals surface area contributed by atoms with Crippen molar-refractivity contribution in [3.8, 4) is 0 Å². The van der Waals surface area contributed by atoms with Gasteiger partial charge in [-0.3, -0.25) is 4.79 Å². The van der Waals surface area contributed by atoms with Crippen molar-refractivity contribution in [1.82, 2.24) is 5.32 Å². The summed E-state index contributed by atoms with van der Waals surface area (Å²) in [4.78, 5) is 11.7. The largest absolute Gasteiger partial charge is 0.354 e. The molecule has 0 aromatic heterocycles. The average Bonchev–Trinajstić information content (AvgIpc) is 2.25. The van der Waals surface area contributed by atoms with E-state index >= 15 is 0 Å². The van der Waals surface area contributed by atoms with E-state index in [-0.39, 0.29) is 23.3 Å². The van der Waals surface area contributed by atoms with E-state index in [1.54, 1.807) is 0 Å². The van der Waals surface area contributed by atoms with Gasteiger partial charge < -0.3 is 11.1 Å². The van der Waals surface area contributed by atoms with Crippen LogP contribution in [-0.2, 0) is 4.79 Å². The van der Waals surface area contributed by atoms with E-state index in [0.717, 1.165) is 13.0 Å². The van der Waals surface area contributed by atoms with Gasteiger partial charge in [-0.05, 0) is 17.8 Å². The van der Waals surface area contributed by atoms with Crippen molar-refractivity contribution in [2.45, 2.75) is 66.3 Å². The number of carbonyl (C=O) groups is 1. The van der Waals surface area contributed by atoms with Crippen LogP contribution in [0.1, 0.15) is 60.3 Å². The van der Waals surface area contributed by atoms with E-state index in [1.165, 1.54) is 19.3 Å².